The number of alkyl halides is 1. The number of rotatable bonds is 7. The van der Waals surface area contributed by atoms with Gasteiger partial charge in [0.05, 0.1) is 13.3 Å². The van der Waals surface area contributed by atoms with Gasteiger partial charge in [0.25, 0.3) is 0 Å². The minimum absolute atomic E-state index is 0.0348. The van der Waals surface area contributed by atoms with Crippen molar-refractivity contribution in [1.82, 2.24) is 0 Å². The molecule has 1 heterocycles. The third-order valence-electron chi connectivity index (χ3n) is 5.64. The van der Waals surface area contributed by atoms with Crippen molar-refractivity contribution in [2.24, 2.45) is 11.8 Å². The Labute approximate surface area is 145 Å². The van der Waals surface area contributed by atoms with Crippen LogP contribution in [0.5, 0.6) is 11.5 Å². The zero-order chi connectivity index (χ0) is 16.8. The van der Waals surface area contributed by atoms with Crippen LogP contribution in [0.3, 0.4) is 0 Å². The number of fused-ring (bicyclic) bond motifs is 1. The second kappa shape index (κ2) is 8.73. The van der Waals surface area contributed by atoms with Crippen molar-refractivity contribution in [3.8, 4) is 11.5 Å². The molecule has 1 atom stereocenters. The summed E-state index contributed by atoms with van der Waals surface area (Å²) >= 11 is 0. The van der Waals surface area contributed by atoms with Gasteiger partial charge in [0, 0.05) is 6.42 Å². The van der Waals surface area contributed by atoms with Crippen LogP contribution in [-0.2, 0) is 6.42 Å². The van der Waals surface area contributed by atoms with Gasteiger partial charge in [0.1, 0.15) is 17.6 Å². The lowest BCUT2D eigenvalue weighted by Gasteiger charge is -2.28. The van der Waals surface area contributed by atoms with Crippen LogP contribution in [0.25, 0.3) is 0 Å². The van der Waals surface area contributed by atoms with Crippen molar-refractivity contribution in [3.63, 3.8) is 0 Å². The molecule has 2 nitrogen and oxygen atoms in total. The van der Waals surface area contributed by atoms with Gasteiger partial charge in [-0.05, 0) is 61.3 Å². The molecule has 134 valence electrons. The molecule has 3 heteroatoms. The number of hydrogen-bond donors (Lipinski definition) is 0. The van der Waals surface area contributed by atoms with E-state index in [9.17, 15) is 4.39 Å². The highest BCUT2D eigenvalue weighted by Crippen LogP contribution is 2.34. The summed E-state index contributed by atoms with van der Waals surface area (Å²) < 4.78 is 24.4. The minimum atomic E-state index is -0.304. The van der Waals surface area contributed by atoms with Crippen LogP contribution in [0.15, 0.2) is 18.2 Å². The highest BCUT2D eigenvalue weighted by molar-refractivity contribution is 5.41. The van der Waals surface area contributed by atoms with Crippen molar-refractivity contribution in [1.29, 1.82) is 0 Å². The Bertz CT molecular complexity index is 509. The Hall–Kier alpha value is -1.25. The molecule has 0 saturated heterocycles. The van der Waals surface area contributed by atoms with Crippen LogP contribution < -0.4 is 9.47 Å². The molecule has 1 aromatic rings. The third-order valence-corrected chi connectivity index (χ3v) is 5.64. The van der Waals surface area contributed by atoms with E-state index in [-0.39, 0.29) is 12.8 Å². The van der Waals surface area contributed by atoms with E-state index in [4.69, 9.17) is 9.47 Å². The largest absolute Gasteiger partial charge is 0.493 e. The minimum Gasteiger partial charge on any atom is -0.493 e. The Morgan fingerprint density at radius 1 is 1.08 bits per heavy atom. The number of ether oxygens (including phenoxy) is 2. The van der Waals surface area contributed by atoms with Crippen molar-refractivity contribution in [2.75, 3.05) is 13.3 Å². The van der Waals surface area contributed by atoms with Gasteiger partial charge in [-0.15, -0.1) is 0 Å². The number of halogens is 1. The van der Waals surface area contributed by atoms with Crippen LogP contribution >= 0.6 is 0 Å². The fourth-order valence-corrected chi connectivity index (χ4v) is 4.15. The maximum absolute atomic E-state index is 12.5. The quantitative estimate of drug-likeness (QED) is 0.634. The highest BCUT2D eigenvalue weighted by Gasteiger charge is 2.22. The van der Waals surface area contributed by atoms with E-state index in [1.807, 2.05) is 12.1 Å². The predicted octanol–water partition coefficient (Wildman–Crippen LogP) is 5.73. The standard InChI is InChI=1S/C21H31FO2/c1-2-3-16-4-6-17(7-5-16)15-23-20-10-11-21-18(14-20)8-9-19(24-21)12-13-22/h10-11,14,16-17,19H,2-9,12-13,15H2,1H3. The summed E-state index contributed by atoms with van der Waals surface area (Å²) in [5.41, 5.74) is 1.20. The average molecular weight is 334 g/mol. The Balaban J connectivity index is 1.47. The second-order valence-electron chi connectivity index (χ2n) is 7.51. The fraction of sp³-hybridized carbons (Fsp3) is 0.714. The van der Waals surface area contributed by atoms with Gasteiger partial charge in [-0.1, -0.05) is 32.6 Å². The zero-order valence-corrected chi connectivity index (χ0v) is 14.9. The number of hydrogen-bond acceptors (Lipinski definition) is 2. The fourth-order valence-electron chi connectivity index (χ4n) is 4.15. The zero-order valence-electron chi connectivity index (χ0n) is 14.9. The van der Waals surface area contributed by atoms with Gasteiger partial charge >= 0.3 is 0 Å². The van der Waals surface area contributed by atoms with E-state index >= 15 is 0 Å². The molecule has 0 aromatic heterocycles. The van der Waals surface area contributed by atoms with Crippen LogP contribution in [0, 0.1) is 11.8 Å². The smallest absolute Gasteiger partial charge is 0.123 e. The Morgan fingerprint density at radius 2 is 1.88 bits per heavy atom. The first-order valence-electron chi connectivity index (χ1n) is 9.76. The summed E-state index contributed by atoms with van der Waals surface area (Å²) in [6.07, 6.45) is 10.5. The second-order valence-corrected chi connectivity index (χ2v) is 7.51. The molecule has 0 bridgehead atoms. The van der Waals surface area contributed by atoms with Gasteiger partial charge in [-0.2, -0.15) is 0 Å². The molecule has 1 fully saturated rings. The number of aryl methyl sites for hydroxylation is 1. The Kier molecular flexibility index (Phi) is 6.39. The van der Waals surface area contributed by atoms with Crippen LogP contribution in [-0.4, -0.2) is 19.4 Å². The maximum Gasteiger partial charge on any atom is 0.123 e. The molecule has 0 amide bonds. The van der Waals surface area contributed by atoms with Crippen LogP contribution in [0.1, 0.15) is 63.9 Å². The lowest BCUT2D eigenvalue weighted by Crippen LogP contribution is -2.23. The molecule has 1 unspecified atom stereocenters. The molecule has 3 rings (SSSR count). The summed E-state index contributed by atoms with van der Waals surface area (Å²) in [6, 6.07) is 6.11. The molecule has 1 aliphatic carbocycles. The van der Waals surface area contributed by atoms with E-state index in [2.05, 4.69) is 13.0 Å². The highest BCUT2D eigenvalue weighted by atomic mass is 19.1. The summed E-state index contributed by atoms with van der Waals surface area (Å²) in [5, 5.41) is 0. The Morgan fingerprint density at radius 3 is 2.62 bits per heavy atom. The van der Waals surface area contributed by atoms with E-state index in [0.717, 1.165) is 36.9 Å². The van der Waals surface area contributed by atoms with Gasteiger partial charge in [-0.25, -0.2) is 0 Å². The molecule has 0 spiro atoms. The lowest BCUT2D eigenvalue weighted by molar-refractivity contribution is 0.152. The van der Waals surface area contributed by atoms with Gasteiger partial charge < -0.3 is 9.47 Å². The predicted molar refractivity (Wildman–Crippen MR) is 95.6 cm³/mol. The van der Waals surface area contributed by atoms with Crippen molar-refractivity contribution in [3.05, 3.63) is 23.8 Å². The van der Waals surface area contributed by atoms with Crippen molar-refractivity contribution >= 4 is 0 Å². The summed E-state index contributed by atoms with van der Waals surface area (Å²) in [4.78, 5) is 0. The first-order valence-corrected chi connectivity index (χ1v) is 9.76. The number of benzene rings is 1. The summed E-state index contributed by atoms with van der Waals surface area (Å²) in [6.45, 7) is 2.82. The monoisotopic (exact) mass is 334 g/mol. The normalized spacial score (nSPS) is 26.5. The van der Waals surface area contributed by atoms with Gasteiger partial charge in [0.15, 0.2) is 0 Å². The summed E-state index contributed by atoms with van der Waals surface area (Å²) in [5.74, 6) is 3.52. The van der Waals surface area contributed by atoms with E-state index < -0.39 is 0 Å². The molecule has 0 N–H and O–H groups in total. The topological polar surface area (TPSA) is 18.5 Å². The van der Waals surface area contributed by atoms with E-state index in [1.165, 1.54) is 44.1 Å². The van der Waals surface area contributed by atoms with E-state index in [1.54, 1.807) is 0 Å². The van der Waals surface area contributed by atoms with Crippen LogP contribution in [0.4, 0.5) is 4.39 Å². The van der Waals surface area contributed by atoms with Gasteiger partial charge in [-0.3, -0.25) is 4.39 Å². The van der Waals surface area contributed by atoms with E-state index in [0.29, 0.717) is 12.3 Å². The molecule has 0 radical (unpaired) electrons. The molecule has 1 aromatic carbocycles. The lowest BCUT2D eigenvalue weighted by atomic mass is 9.80. The maximum atomic E-state index is 12.5. The average Bonchev–Trinajstić information content (AvgIpc) is 2.61. The van der Waals surface area contributed by atoms with Crippen molar-refractivity contribution in [2.45, 2.75) is 70.8 Å². The molecule has 1 saturated carbocycles. The first-order chi connectivity index (χ1) is 11.8. The molecule has 1 aliphatic heterocycles. The van der Waals surface area contributed by atoms with Gasteiger partial charge in [0.2, 0.25) is 0 Å². The molecule has 24 heavy (non-hydrogen) atoms. The molecule has 2 aliphatic rings. The molecular weight excluding hydrogens is 303 g/mol. The summed E-state index contributed by atoms with van der Waals surface area (Å²) in [7, 11) is 0. The third kappa shape index (κ3) is 4.64. The van der Waals surface area contributed by atoms with Crippen LogP contribution in [0.2, 0.25) is 0 Å². The SMILES string of the molecule is CCCC1CCC(COc2ccc3c(c2)CCC(CCF)O3)CC1. The molecular formula is C21H31FO2. The van der Waals surface area contributed by atoms with Crippen molar-refractivity contribution < 1.29 is 13.9 Å². The first kappa shape index (κ1) is 17.6.